The molecule has 0 aromatic rings. The maximum atomic E-state index is 9.21. The summed E-state index contributed by atoms with van der Waals surface area (Å²) in [4.78, 5) is 0. The molecule has 64 valence electrons. The van der Waals surface area contributed by atoms with E-state index in [2.05, 4.69) is 12.8 Å². The highest BCUT2D eigenvalue weighted by atomic mass is 16.5. The van der Waals surface area contributed by atoms with E-state index in [1.165, 1.54) is 0 Å². The maximum Gasteiger partial charge on any atom is 0.107 e. The minimum absolute atomic E-state index is 0.295. The molecule has 0 aliphatic rings. The fourth-order valence-corrected chi connectivity index (χ4v) is 0.777. The van der Waals surface area contributed by atoms with Gasteiger partial charge in [-0.15, -0.1) is 6.42 Å². The zero-order chi connectivity index (χ0) is 8.53. The SMILES string of the molecule is C#CCOCC(O)CCCC. The van der Waals surface area contributed by atoms with Crippen LogP contribution in [-0.4, -0.2) is 24.4 Å². The van der Waals surface area contributed by atoms with Crippen molar-refractivity contribution in [1.29, 1.82) is 0 Å². The van der Waals surface area contributed by atoms with Gasteiger partial charge in [0.2, 0.25) is 0 Å². The monoisotopic (exact) mass is 156 g/mol. The van der Waals surface area contributed by atoms with Gasteiger partial charge in [-0.25, -0.2) is 0 Å². The number of ether oxygens (including phenoxy) is 1. The highest BCUT2D eigenvalue weighted by Gasteiger charge is 2.01. The van der Waals surface area contributed by atoms with Crippen LogP contribution in [-0.2, 0) is 4.74 Å². The molecule has 0 fully saturated rings. The Bertz CT molecular complexity index is 115. The number of hydrogen-bond donors (Lipinski definition) is 1. The normalized spacial score (nSPS) is 12.5. The second-order valence-corrected chi connectivity index (χ2v) is 2.52. The molecule has 0 heterocycles. The highest BCUT2D eigenvalue weighted by molar-refractivity contribution is 4.82. The van der Waals surface area contributed by atoms with Crippen molar-refractivity contribution in [3.05, 3.63) is 0 Å². The summed E-state index contributed by atoms with van der Waals surface area (Å²) in [7, 11) is 0. The van der Waals surface area contributed by atoms with E-state index in [1.54, 1.807) is 0 Å². The van der Waals surface area contributed by atoms with Gasteiger partial charge in [0, 0.05) is 0 Å². The molecule has 2 nitrogen and oxygen atoms in total. The second kappa shape index (κ2) is 7.59. The van der Waals surface area contributed by atoms with Crippen molar-refractivity contribution in [2.75, 3.05) is 13.2 Å². The molecule has 0 rings (SSSR count). The molecule has 0 aromatic carbocycles. The number of unbranched alkanes of at least 4 members (excludes halogenated alkanes) is 1. The highest BCUT2D eigenvalue weighted by Crippen LogP contribution is 1.99. The summed E-state index contributed by atoms with van der Waals surface area (Å²) in [5.41, 5.74) is 0. The van der Waals surface area contributed by atoms with E-state index < -0.39 is 0 Å². The minimum atomic E-state index is -0.344. The molecule has 0 saturated heterocycles. The van der Waals surface area contributed by atoms with Crippen LogP contribution >= 0.6 is 0 Å². The Morgan fingerprint density at radius 3 is 2.91 bits per heavy atom. The van der Waals surface area contributed by atoms with Crippen LogP contribution < -0.4 is 0 Å². The van der Waals surface area contributed by atoms with E-state index >= 15 is 0 Å². The van der Waals surface area contributed by atoms with E-state index in [0.29, 0.717) is 13.2 Å². The topological polar surface area (TPSA) is 29.5 Å². The molecular weight excluding hydrogens is 140 g/mol. The molecule has 0 spiro atoms. The van der Waals surface area contributed by atoms with Crippen LogP contribution in [0.3, 0.4) is 0 Å². The number of aliphatic hydroxyl groups is 1. The third-order valence-corrected chi connectivity index (χ3v) is 1.39. The van der Waals surface area contributed by atoms with Crippen LogP contribution in [0.1, 0.15) is 26.2 Å². The molecule has 0 saturated carbocycles. The van der Waals surface area contributed by atoms with Gasteiger partial charge in [0.15, 0.2) is 0 Å². The first-order valence-electron chi connectivity index (χ1n) is 4.00. The number of terminal acetylenes is 1. The van der Waals surface area contributed by atoms with E-state index in [0.717, 1.165) is 19.3 Å². The van der Waals surface area contributed by atoms with Crippen LogP contribution in [0.25, 0.3) is 0 Å². The van der Waals surface area contributed by atoms with E-state index in [-0.39, 0.29) is 6.10 Å². The van der Waals surface area contributed by atoms with Gasteiger partial charge in [-0.2, -0.15) is 0 Å². The van der Waals surface area contributed by atoms with Gasteiger partial charge in [-0.3, -0.25) is 0 Å². The van der Waals surface area contributed by atoms with Crippen LogP contribution in [0.5, 0.6) is 0 Å². The zero-order valence-electron chi connectivity index (χ0n) is 7.05. The van der Waals surface area contributed by atoms with Crippen molar-refractivity contribution in [2.24, 2.45) is 0 Å². The number of hydrogen-bond acceptors (Lipinski definition) is 2. The van der Waals surface area contributed by atoms with Crippen LogP contribution in [0.15, 0.2) is 0 Å². The van der Waals surface area contributed by atoms with Crippen molar-refractivity contribution in [2.45, 2.75) is 32.3 Å². The second-order valence-electron chi connectivity index (χ2n) is 2.52. The fourth-order valence-electron chi connectivity index (χ4n) is 0.777. The van der Waals surface area contributed by atoms with E-state index in [1.807, 2.05) is 0 Å². The van der Waals surface area contributed by atoms with Gasteiger partial charge >= 0.3 is 0 Å². The maximum absolute atomic E-state index is 9.21. The van der Waals surface area contributed by atoms with Gasteiger partial charge in [0.05, 0.1) is 12.7 Å². The molecule has 1 unspecified atom stereocenters. The van der Waals surface area contributed by atoms with Crippen LogP contribution in [0, 0.1) is 12.3 Å². The molecule has 1 atom stereocenters. The summed E-state index contributed by atoms with van der Waals surface area (Å²) in [6.45, 7) is 2.75. The lowest BCUT2D eigenvalue weighted by molar-refractivity contribution is 0.0453. The van der Waals surface area contributed by atoms with Gasteiger partial charge in [0.1, 0.15) is 6.61 Å². The summed E-state index contributed by atoms with van der Waals surface area (Å²) < 4.78 is 4.96. The summed E-state index contributed by atoms with van der Waals surface area (Å²) in [5, 5.41) is 9.21. The Hall–Kier alpha value is -0.520. The van der Waals surface area contributed by atoms with Crippen molar-refractivity contribution in [1.82, 2.24) is 0 Å². The van der Waals surface area contributed by atoms with E-state index in [4.69, 9.17) is 11.2 Å². The summed E-state index contributed by atoms with van der Waals surface area (Å²) in [5.74, 6) is 2.35. The van der Waals surface area contributed by atoms with Gasteiger partial charge in [-0.05, 0) is 6.42 Å². The van der Waals surface area contributed by atoms with Crippen molar-refractivity contribution < 1.29 is 9.84 Å². The van der Waals surface area contributed by atoms with Crippen molar-refractivity contribution in [3.63, 3.8) is 0 Å². The molecule has 1 N–H and O–H groups in total. The smallest absolute Gasteiger partial charge is 0.107 e. The average Bonchev–Trinajstić information content (AvgIpc) is 2.01. The largest absolute Gasteiger partial charge is 0.391 e. The van der Waals surface area contributed by atoms with E-state index in [9.17, 15) is 5.11 Å². The minimum Gasteiger partial charge on any atom is -0.391 e. The molecule has 0 bridgehead atoms. The van der Waals surface area contributed by atoms with Crippen molar-refractivity contribution in [3.8, 4) is 12.3 Å². The first-order chi connectivity index (χ1) is 5.31. The van der Waals surface area contributed by atoms with Gasteiger partial charge in [0.25, 0.3) is 0 Å². The van der Waals surface area contributed by atoms with Crippen molar-refractivity contribution >= 4 is 0 Å². The first-order valence-corrected chi connectivity index (χ1v) is 4.00. The lowest BCUT2D eigenvalue weighted by Gasteiger charge is -2.08. The molecule has 0 aromatic heterocycles. The Kier molecular flexibility index (Phi) is 7.23. The fraction of sp³-hybridized carbons (Fsp3) is 0.778. The lowest BCUT2D eigenvalue weighted by atomic mass is 10.2. The predicted octanol–water partition coefficient (Wildman–Crippen LogP) is 1.19. The molecular formula is C9H16O2. The van der Waals surface area contributed by atoms with Crippen LogP contribution in [0.4, 0.5) is 0 Å². The van der Waals surface area contributed by atoms with Crippen LogP contribution in [0.2, 0.25) is 0 Å². The summed E-state index contributed by atoms with van der Waals surface area (Å²) in [6, 6.07) is 0. The molecule has 11 heavy (non-hydrogen) atoms. The Morgan fingerprint density at radius 1 is 1.64 bits per heavy atom. The Morgan fingerprint density at radius 2 is 2.36 bits per heavy atom. The third kappa shape index (κ3) is 7.38. The Labute approximate surface area is 68.6 Å². The Balaban J connectivity index is 3.10. The molecule has 0 aliphatic carbocycles. The number of aliphatic hydroxyl groups excluding tert-OH is 1. The molecule has 2 heteroatoms. The summed E-state index contributed by atoms with van der Waals surface area (Å²) >= 11 is 0. The third-order valence-electron chi connectivity index (χ3n) is 1.39. The quantitative estimate of drug-likeness (QED) is 0.462. The number of rotatable bonds is 6. The molecule has 0 amide bonds. The molecule has 0 radical (unpaired) electrons. The summed E-state index contributed by atoms with van der Waals surface area (Å²) in [6.07, 6.45) is 7.57. The van der Waals surface area contributed by atoms with Gasteiger partial charge < -0.3 is 9.84 Å². The predicted molar refractivity (Wildman–Crippen MR) is 45.2 cm³/mol. The average molecular weight is 156 g/mol. The standard InChI is InChI=1S/C9H16O2/c1-3-5-6-9(10)8-11-7-4-2/h2,9-10H,3,5-8H2,1H3. The zero-order valence-corrected chi connectivity index (χ0v) is 7.05. The lowest BCUT2D eigenvalue weighted by Crippen LogP contribution is -2.14. The molecule has 0 aliphatic heterocycles. The van der Waals surface area contributed by atoms with Gasteiger partial charge in [-0.1, -0.05) is 25.7 Å². The first kappa shape index (κ1) is 10.5.